The van der Waals surface area contributed by atoms with Crippen molar-refractivity contribution in [2.45, 2.75) is 12.6 Å². The van der Waals surface area contributed by atoms with Crippen LogP contribution in [-0.2, 0) is 11.2 Å². The molecule has 2 N–H and O–H groups in total. The van der Waals surface area contributed by atoms with Crippen LogP contribution in [0.1, 0.15) is 5.56 Å². The van der Waals surface area contributed by atoms with Crippen molar-refractivity contribution in [2.24, 2.45) is 0 Å². The summed E-state index contributed by atoms with van der Waals surface area (Å²) in [5, 5.41) is 5.51. The lowest BCUT2D eigenvalue weighted by Crippen LogP contribution is -2.38. The summed E-state index contributed by atoms with van der Waals surface area (Å²) in [5.41, 5.74) is 0.805. The van der Waals surface area contributed by atoms with Gasteiger partial charge in [0.25, 0.3) is 0 Å². The zero-order valence-corrected chi connectivity index (χ0v) is 11.9. The standard InChI is InChI=1S/C12H13Cl2F3N2O/c13-9-2-1-8(10(14)5-9)3-4-19-11(20)6-18-7-12(15,16)17/h1-2,5,18H,3-4,6-7H2,(H,19,20). The largest absolute Gasteiger partial charge is 0.401 e. The molecule has 0 saturated heterocycles. The molecule has 0 spiro atoms. The van der Waals surface area contributed by atoms with Crippen LogP contribution in [0.15, 0.2) is 18.2 Å². The Balaban J connectivity index is 2.25. The molecule has 0 aliphatic rings. The Morgan fingerprint density at radius 1 is 1.25 bits per heavy atom. The Morgan fingerprint density at radius 2 is 1.95 bits per heavy atom. The lowest BCUT2D eigenvalue weighted by Gasteiger charge is -2.09. The van der Waals surface area contributed by atoms with Gasteiger partial charge in [-0.2, -0.15) is 13.2 Å². The molecule has 0 bridgehead atoms. The average Bonchev–Trinajstić information content (AvgIpc) is 2.30. The lowest BCUT2D eigenvalue weighted by molar-refractivity contribution is -0.128. The predicted molar refractivity (Wildman–Crippen MR) is 72.1 cm³/mol. The molecule has 20 heavy (non-hydrogen) atoms. The number of rotatable bonds is 6. The molecule has 0 aliphatic carbocycles. The molecule has 0 aliphatic heterocycles. The summed E-state index contributed by atoms with van der Waals surface area (Å²) < 4.78 is 35.5. The van der Waals surface area contributed by atoms with Gasteiger partial charge in [0, 0.05) is 16.6 Å². The van der Waals surface area contributed by atoms with Crippen LogP contribution in [0, 0.1) is 0 Å². The number of carbonyl (C=O) groups is 1. The minimum absolute atomic E-state index is 0.286. The fourth-order valence-electron chi connectivity index (χ4n) is 1.44. The molecule has 112 valence electrons. The van der Waals surface area contributed by atoms with Crippen LogP contribution in [0.2, 0.25) is 10.0 Å². The number of benzene rings is 1. The molecule has 1 aromatic carbocycles. The lowest BCUT2D eigenvalue weighted by atomic mass is 10.1. The highest BCUT2D eigenvalue weighted by Crippen LogP contribution is 2.21. The second kappa shape index (κ2) is 7.71. The van der Waals surface area contributed by atoms with Gasteiger partial charge in [-0.15, -0.1) is 0 Å². The van der Waals surface area contributed by atoms with Crippen molar-refractivity contribution in [3.63, 3.8) is 0 Å². The second-order valence-electron chi connectivity index (χ2n) is 4.05. The first-order chi connectivity index (χ1) is 9.28. The molecule has 1 aromatic rings. The van der Waals surface area contributed by atoms with Crippen molar-refractivity contribution in [2.75, 3.05) is 19.6 Å². The Morgan fingerprint density at radius 3 is 2.55 bits per heavy atom. The predicted octanol–water partition coefficient (Wildman–Crippen LogP) is 2.80. The van der Waals surface area contributed by atoms with Gasteiger partial charge in [0.2, 0.25) is 5.91 Å². The van der Waals surface area contributed by atoms with Crippen molar-refractivity contribution in [3.8, 4) is 0 Å². The minimum atomic E-state index is -4.32. The number of alkyl halides is 3. The summed E-state index contributed by atoms with van der Waals surface area (Å²) in [5.74, 6) is -0.501. The van der Waals surface area contributed by atoms with Crippen LogP contribution in [0.5, 0.6) is 0 Å². The highest BCUT2D eigenvalue weighted by molar-refractivity contribution is 6.35. The number of halogens is 5. The van der Waals surface area contributed by atoms with Gasteiger partial charge in [-0.05, 0) is 24.1 Å². The molecule has 0 heterocycles. The maximum Gasteiger partial charge on any atom is 0.401 e. The molecule has 1 amide bonds. The zero-order valence-electron chi connectivity index (χ0n) is 10.4. The van der Waals surface area contributed by atoms with E-state index in [2.05, 4.69) is 5.32 Å². The van der Waals surface area contributed by atoms with E-state index in [1.807, 2.05) is 5.32 Å². The van der Waals surface area contributed by atoms with Gasteiger partial charge >= 0.3 is 6.18 Å². The van der Waals surface area contributed by atoms with Gasteiger partial charge < -0.3 is 10.6 Å². The first-order valence-corrected chi connectivity index (χ1v) is 6.51. The van der Waals surface area contributed by atoms with Crippen LogP contribution in [0.3, 0.4) is 0 Å². The fourth-order valence-corrected chi connectivity index (χ4v) is 1.94. The summed E-state index contributed by atoms with van der Waals surface area (Å²) >= 11 is 11.7. The summed E-state index contributed by atoms with van der Waals surface area (Å²) in [6.45, 7) is -1.29. The van der Waals surface area contributed by atoms with Crippen LogP contribution < -0.4 is 10.6 Å². The number of hydrogen-bond acceptors (Lipinski definition) is 2. The molecule has 1 rings (SSSR count). The summed E-state index contributed by atoms with van der Waals surface area (Å²) in [4.78, 5) is 11.3. The third-order valence-corrected chi connectivity index (χ3v) is 2.93. The molecule has 0 atom stereocenters. The summed E-state index contributed by atoms with van der Waals surface area (Å²) in [6.07, 6.45) is -3.85. The number of nitrogens with one attached hydrogen (secondary N) is 2. The zero-order chi connectivity index (χ0) is 15.2. The van der Waals surface area contributed by atoms with E-state index < -0.39 is 18.6 Å². The van der Waals surface area contributed by atoms with Crippen molar-refractivity contribution < 1.29 is 18.0 Å². The average molecular weight is 329 g/mol. The molecule has 0 saturated carbocycles. The Kier molecular flexibility index (Phi) is 6.58. The normalized spacial score (nSPS) is 11.4. The van der Waals surface area contributed by atoms with E-state index in [-0.39, 0.29) is 13.1 Å². The van der Waals surface area contributed by atoms with Crippen LogP contribution >= 0.6 is 23.2 Å². The van der Waals surface area contributed by atoms with E-state index in [1.54, 1.807) is 18.2 Å². The van der Waals surface area contributed by atoms with E-state index in [9.17, 15) is 18.0 Å². The summed E-state index contributed by atoms with van der Waals surface area (Å²) in [6, 6.07) is 5.00. The molecular formula is C12H13Cl2F3N2O. The first kappa shape index (κ1) is 17.1. The van der Waals surface area contributed by atoms with Gasteiger partial charge in [-0.1, -0.05) is 29.3 Å². The van der Waals surface area contributed by atoms with E-state index in [0.29, 0.717) is 16.5 Å². The van der Waals surface area contributed by atoms with Crippen molar-refractivity contribution in [1.82, 2.24) is 10.6 Å². The number of hydrogen-bond donors (Lipinski definition) is 2. The molecule has 0 radical (unpaired) electrons. The van der Waals surface area contributed by atoms with E-state index >= 15 is 0 Å². The van der Waals surface area contributed by atoms with Crippen molar-refractivity contribution in [3.05, 3.63) is 33.8 Å². The quantitative estimate of drug-likeness (QED) is 0.843. The van der Waals surface area contributed by atoms with Crippen LogP contribution in [0.25, 0.3) is 0 Å². The Bertz CT molecular complexity index is 467. The SMILES string of the molecule is O=C(CNCC(F)(F)F)NCCc1ccc(Cl)cc1Cl. The molecule has 3 nitrogen and oxygen atoms in total. The number of amides is 1. The molecule has 0 aromatic heterocycles. The monoisotopic (exact) mass is 328 g/mol. The Labute approximate surface area is 124 Å². The first-order valence-electron chi connectivity index (χ1n) is 5.76. The molecule has 8 heteroatoms. The van der Waals surface area contributed by atoms with Gasteiger partial charge in [0.15, 0.2) is 0 Å². The molecule has 0 unspecified atom stereocenters. The smallest absolute Gasteiger partial charge is 0.355 e. The summed E-state index contributed by atoms with van der Waals surface area (Å²) in [7, 11) is 0. The third kappa shape index (κ3) is 6.98. The van der Waals surface area contributed by atoms with E-state index in [4.69, 9.17) is 23.2 Å². The van der Waals surface area contributed by atoms with Crippen LogP contribution in [0.4, 0.5) is 13.2 Å². The van der Waals surface area contributed by atoms with E-state index in [1.165, 1.54) is 0 Å². The minimum Gasteiger partial charge on any atom is -0.355 e. The van der Waals surface area contributed by atoms with Crippen molar-refractivity contribution in [1.29, 1.82) is 0 Å². The fraction of sp³-hybridized carbons (Fsp3) is 0.417. The van der Waals surface area contributed by atoms with Gasteiger partial charge in [-0.3, -0.25) is 4.79 Å². The highest BCUT2D eigenvalue weighted by atomic mass is 35.5. The van der Waals surface area contributed by atoms with Gasteiger partial charge in [-0.25, -0.2) is 0 Å². The number of carbonyl (C=O) groups excluding carboxylic acids is 1. The van der Waals surface area contributed by atoms with E-state index in [0.717, 1.165) is 5.56 Å². The van der Waals surface area contributed by atoms with Gasteiger partial charge in [0.1, 0.15) is 0 Å². The Hall–Kier alpha value is -0.980. The van der Waals surface area contributed by atoms with Gasteiger partial charge in [0.05, 0.1) is 13.1 Å². The second-order valence-corrected chi connectivity index (χ2v) is 4.90. The third-order valence-electron chi connectivity index (χ3n) is 2.34. The topological polar surface area (TPSA) is 41.1 Å². The maximum absolute atomic E-state index is 11.8. The van der Waals surface area contributed by atoms with Crippen molar-refractivity contribution >= 4 is 29.1 Å². The molecule has 0 fully saturated rings. The maximum atomic E-state index is 11.8. The highest BCUT2D eigenvalue weighted by Gasteiger charge is 2.26. The van der Waals surface area contributed by atoms with Crippen LogP contribution in [-0.4, -0.2) is 31.7 Å². The molecular weight excluding hydrogens is 316 g/mol.